The zero-order valence-corrected chi connectivity index (χ0v) is 20.2. The first-order chi connectivity index (χ1) is 16.4. The largest absolute Gasteiger partial charge is 0.361 e. The van der Waals surface area contributed by atoms with Gasteiger partial charge >= 0.3 is 0 Å². The summed E-state index contributed by atoms with van der Waals surface area (Å²) in [5.74, 6) is 0.0289. The summed E-state index contributed by atoms with van der Waals surface area (Å²) in [7, 11) is 4.11. The summed E-state index contributed by atoms with van der Waals surface area (Å²) in [5.41, 5.74) is 4.35. The summed E-state index contributed by atoms with van der Waals surface area (Å²) < 4.78 is 0. The van der Waals surface area contributed by atoms with Gasteiger partial charge in [0.15, 0.2) is 0 Å². The summed E-state index contributed by atoms with van der Waals surface area (Å²) in [6.45, 7) is 3.61. The lowest BCUT2D eigenvalue weighted by Crippen LogP contribution is -2.33. The highest BCUT2D eigenvalue weighted by Gasteiger charge is 2.26. The molecule has 1 aromatic carbocycles. The van der Waals surface area contributed by atoms with Crippen LogP contribution in [0.1, 0.15) is 22.4 Å². The molecule has 1 fully saturated rings. The molecule has 1 saturated heterocycles. The van der Waals surface area contributed by atoms with Gasteiger partial charge in [0.25, 0.3) is 0 Å². The van der Waals surface area contributed by atoms with Gasteiger partial charge in [-0.3, -0.25) is 4.79 Å². The number of H-pyrrole nitrogens is 1. The molecule has 2 N–H and O–H groups in total. The third-order valence-corrected chi connectivity index (χ3v) is 7.57. The average molecular weight is 471 g/mol. The average Bonchev–Trinajstić information content (AvgIpc) is 3.58. The number of carbonyl (C=O) groups excluding carboxylic acids is 1. The fourth-order valence-corrected chi connectivity index (χ4v) is 5.40. The lowest BCUT2D eigenvalue weighted by molar-refractivity contribution is -0.125. The molecule has 5 rings (SSSR count). The van der Waals surface area contributed by atoms with E-state index in [0.717, 1.165) is 62.4 Å². The molecule has 0 saturated carbocycles. The van der Waals surface area contributed by atoms with Gasteiger partial charge in [-0.05, 0) is 63.3 Å². The molecule has 7 nitrogen and oxygen atoms in total. The molecule has 8 heteroatoms. The van der Waals surface area contributed by atoms with Crippen molar-refractivity contribution in [1.82, 2.24) is 19.8 Å². The molecule has 4 heterocycles. The summed E-state index contributed by atoms with van der Waals surface area (Å²) in [4.78, 5) is 26.2. The normalized spacial score (nSPS) is 16.2. The number of nitrogens with zero attached hydrogens (tertiary/aromatic N) is 4. The van der Waals surface area contributed by atoms with Gasteiger partial charge in [0.05, 0.1) is 11.3 Å². The first kappa shape index (κ1) is 22.1. The molecule has 0 unspecified atom stereocenters. The van der Waals surface area contributed by atoms with Crippen LogP contribution in [0.4, 0.5) is 11.4 Å². The third kappa shape index (κ3) is 4.04. The molecule has 0 radical (unpaired) electrons. The van der Waals surface area contributed by atoms with E-state index in [1.165, 1.54) is 11.3 Å². The molecular formula is C26H26N6OS. The second-order valence-corrected chi connectivity index (χ2v) is 9.91. The van der Waals surface area contributed by atoms with Crippen molar-refractivity contribution < 1.29 is 4.79 Å². The van der Waals surface area contributed by atoms with Gasteiger partial charge in [0, 0.05) is 64.5 Å². The fraction of sp³-hybridized carbons (Fsp3) is 0.269. The topological polar surface area (TPSA) is 88.0 Å². The van der Waals surface area contributed by atoms with Crippen molar-refractivity contribution in [3.63, 3.8) is 0 Å². The van der Waals surface area contributed by atoms with E-state index in [9.17, 15) is 10.1 Å². The van der Waals surface area contributed by atoms with Gasteiger partial charge in [-0.25, -0.2) is 4.98 Å². The van der Waals surface area contributed by atoms with Gasteiger partial charge < -0.3 is 20.1 Å². The van der Waals surface area contributed by atoms with Crippen LogP contribution in [0.15, 0.2) is 42.7 Å². The molecule has 1 aliphatic rings. The highest BCUT2D eigenvalue weighted by atomic mass is 32.1. The number of anilines is 2. The van der Waals surface area contributed by atoms with E-state index in [1.807, 2.05) is 35.4 Å². The number of thiophene rings is 1. The summed E-state index contributed by atoms with van der Waals surface area (Å²) in [6, 6.07) is 10.8. The van der Waals surface area contributed by atoms with Crippen LogP contribution in [0.5, 0.6) is 0 Å². The number of hydrogen-bond donors (Lipinski definition) is 2. The molecule has 1 atom stereocenters. The van der Waals surface area contributed by atoms with Crippen LogP contribution in [0.2, 0.25) is 0 Å². The lowest BCUT2D eigenvalue weighted by Gasteiger charge is -2.19. The molecular weight excluding hydrogens is 444 g/mol. The Bertz CT molecular complexity index is 1460. The highest BCUT2D eigenvalue weighted by molar-refractivity contribution is 7.19. The Kier molecular flexibility index (Phi) is 5.82. The maximum atomic E-state index is 12.7. The van der Waals surface area contributed by atoms with Crippen molar-refractivity contribution >= 4 is 55.8 Å². The molecule has 0 spiro atoms. The quantitative estimate of drug-likeness (QED) is 0.406. The number of nitriles is 1. The Labute approximate surface area is 202 Å². The summed E-state index contributed by atoms with van der Waals surface area (Å²) in [5, 5.41) is 15.2. The van der Waals surface area contributed by atoms with E-state index in [0.29, 0.717) is 11.6 Å². The smallest absolute Gasteiger partial charge is 0.246 e. The lowest BCUT2D eigenvalue weighted by atomic mass is 10.1. The maximum Gasteiger partial charge on any atom is 0.246 e. The SMILES string of the molecule is Cc1c(Nc2c(C#N)cnc3sc(C=CC(=O)N4CC[C@H](N(C)C)C4)cc23)ccc2[nH]ccc12. The van der Waals surface area contributed by atoms with Crippen LogP contribution in [-0.2, 0) is 4.79 Å². The van der Waals surface area contributed by atoms with E-state index >= 15 is 0 Å². The summed E-state index contributed by atoms with van der Waals surface area (Å²) >= 11 is 1.51. The number of nitrogens with one attached hydrogen (secondary N) is 2. The molecule has 1 amide bonds. The molecule has 3 aromatic heterocycles. The number of likely N-dealkylation sites (N-methyl/N-ethyl adjacent to an activating group) is 1. The fourth-order valence-electron chi connectivity index (χ4n) is 4.49. The maximum absolute atomic E-state index is 12.7. The van der Waals surface area contributed by atoms with Crippen LogP contribution in [0.3, 0.4) is 0 Å². The van der Waals surface area contributed by atoms with E-state index < -0.39 is 0 Å². The Morgan fingerprint density at radius 3 is 2.97 bits per heavy atom. The molecule has 0 bridgehead atoms. The number of amides is 1. The number of benzene rings is 1. The number of likely N-dealkylation sites (tertiary alicyclic amines) is 1. The van der Waals surface area contributed by atoms with Gasteiger partial charge in [0.2, 0.25) is 5.91 Å². The second-order valence-electron chi connectivity index (χ2n) is 8.85. The first-order valence-corrected chi connectivity index (χ1v) is 12.1. The number of aromatic amines is 1. The number of aromatic nitrogens is 2. The van der Waals surface area contributed by atoms with E-state index in [1.54, 1.807) is 12.3 Å². The number of pyridine rings is 1. The van der Waals surface area contributed by atoms with Crippen molar-refractivity contribution in [2.24, 2.45) is 0 Å². The minimum atomic E-state index is 0.0289. The predicted octanol–water partition coefficient (Wildman–Crippen LogP) is 4.88. The highest BCUT2D eigenvalue weighted by Crippen LogP contribution is 2.36. The predicted molar refractivity (Wildman–Crippen MR) is 138 cm³/mol. The van der Waals surface area contributed by atoms with Crippen molar-refractivity contribution in [3.05, 3.63) is 58.7 Å². The summed E-state index contributed by atoms with van der Waals surface area (Å²) in [6.07, 6.45) is 8.03. The minimum absolute atomic E-state index is 0.0289. The number of aryl methyl sites for hydroxylation is 1. The Morgan fingerprint density at radius 1 is 1.35 bits per heavy atom. The molecule has 34 heavy (non-hydrogen) atoms. The Hall–Kier alpha value is -3.67. The van der Waals surface area contributed by atoms with Crippen LogP contribution in [0, 0.1) is 18.3 Å². The molecule has 4 aromatic rings. The van der Waals surface area contributed by atoms with Crippen LogP contribution in [-0.4, -0.2) is 58.9 Å². The third-order valence-electron chi connectivity index (χ3n) is 6.56. The van der Waals surface area contributed by atoms with Crippen molar-refractivity contribution in [3.8, 4) is 6.07 Å². The van der Waals surface area contributed by atoms with Crippen molar-refractivity contribution in [2.75, 3.05) is 32.5 Å². The van der Waals surface area contributed by atoms with E-state index in [-0.39, 0.29) is 5.91 Å². The number of rotatable bonds is 5. The number of fused-ring (bicyclic) bond motifs is 2. The molecule has 0 aliphatic carbocycles. The van der Waals surface area contributed by atoms with Gasteiger partial charge in [-0.1, -0.05) is 0 Å². The Morgan fingerprint density at radius 2 is 2.21 bits per heavy atom. The standard InChI is InChI=1S/C26H26N6OS/c1-16-20-8-10-28-23(20)6-5-22(16)30-25-17(13-27)14-29-26-21(25)12-19(34-26)4-7-24(33)32-11-9-18(15-32)31(2)3/h4-8,10,12,14,18,28H,9,11,15H2,1-3H3,(H,29,30)/t18-/m0/s1. The zero-order chi connectivity index (χ0) is 23.8. The van der Waals surface area contributed by atoms with Crippen molar-refractivity contribution in [2.45, 2.75) is 19.4 Å². The molecule has 172 valence electrons. The van der Waals surface area contributed by atoms with Crippen molar-refractivity contribution in [1.29, 1.82) is 5.26 Å². The Balaban J connectivity index is 1.44. The monoisotopic (exact) mass is 470 g/mol. The second kappa shape index (κ2) is 8.93. The van der Waals surface area contributed by atoms with E-state index in [4.69, 9.17) is 0 Å². The molecule has 1 aliphatic heterocycles. The van der Waals surface area contributed by atoms with Crippen LogP contribution >= 0.6 is 11.3 Å². The van der Waals surface area contributed by atoms with Gasteiger partial charge in [-0.15, -0.1) is 11.3 Å². The van der Waals surface area contributed by atoms with Crippen LogP contribution < -0.4 is 5.32 Å². The van der Waals surface area contributed by atoms with Crippen LogP contribution in [0.25, 0.3) is 27.2 Å². The number of hydrogen-bond acceptors (Lipinski definition) is 6. The first-order valence-electron chi connectivity index (χ1n) is 11.2. The minimum Gasteiger partial charge on any atom is -0.361 e. The van der Waals surface area contributed by atoms with Gasteiger partial charge in [-0.2, -0.15) is 5.26 Å². The van der Waals surface area contributed by atoms with Gasteiger partial charge in [0.1, 0.15) is 10.9 Å². The zero-order valence-electron chi connectivity index (χ0n) is 19.4. The number of carbonyl (C=O) groups is 1. The van der Waals surface area contributed by atoms with E-state index in [2.05, 4.69) is 53.3 Å².